The van der Waals surface area contributed by atoms with Crippen LogP contribution in [0.3, 0.4) is 0 Å². The minimum Gasteiger partial charge on any atom is -1.00 e. The summed E-state index contributed by atoms with van der Waals surface area (Å²) in [4.78, 5) is 0. The monoisotopic (exact) mass is 448 g/mol. The average molecular weight is 451 g/mol. The first kappa shape index (κ1) is 23.2. The van der Waals surface area contributed by atoms with Crippen molar-refractivity contribution in [3.63, 3.8) is 0 Å². The number of hydrogen-bond acceptors (Lipinski definition) is 3. The molecule has 0 saturated carbocycles. The van der Waals surface area contributed by atoms with Crippen molar-refractivity contribution in [1.82, 2.24) is 0 Å². The van der Waals surface area contributed by atoms with Crippen LogP contribution in [-0.2, 0) is 30.6 Å². The standard InChI is InChI=1S/C16H22NO2Si.2ClH.Zr/c1-16(2,3)17-12-7-5-6-11-10-13-15(14(11)12)20(13,4)19-9-8-18;;;/h5-7,10,17-18H,8-9H2,1-4H3;2*1H;/q-1;;;+3/p-2. The summed E-state index contributed by atoms with van der Waals surface area (Å²) < 4.78 is 5.95. The number of anilines is 1. The van der Waals surface area contributed by atoms with Crippen molar-refractivity contribution in [3.8, 4) is 0 Å². The van der Waals surface area contributed by atoms with E-state index in [0.29, 0.717) is 6.61 Å². The number of halogens is 2. The van der Waals surface area contributed by atoms with E-state index < -0.39 is 8.32 Å². The number of aliphatic hydroxyl groups is 1. The number of fused-ring (bicyclic) bond motifs is 3. The van der Waals surface area contributed by atoms with E-state index in [1.54, 1.807) is 0 Å². The van der Waals surface area contributed by atoms with Gasteiger partial charge in [0.25, 0.3) is 0 Å². The Kier molecular flexibility index (Phi) is 8.15. The summed E-state index contributed by atoms with van der Waals surface area (Å²) >= 11 is 0. The first-order valence-electron chi connectivity index (χ1n) is 7.13. The summed E-state index contributed by atoms with van der Waals surface area (Å²) in [5.74, 6) is 0. The van der Waals surface area contributed by atoms with E-state index in [0.717, 1.165) is 0 Å². The third-order valence-corrected chi connectivity index (χ3v) is 7.26. The van der Waals surface area contributed by atoms with Gasteiger partial charge in [-0.15, -0.1) is 39.3 Å². The van der Waals surface area contributed by atoms with Crippen LogP contribution in [-0.4, -0.2) is 32.2 Å². The molecule has 7 heteroatoms. The molecular formula is C16H22Cl2NO2SiZr. The predicted octanol–water partition coefficient (Wildman–Crippen LogP) is -4.21. The van der Waals surface area contributed by atoms with Crippen molar-refractivity contribution >= 4 is 35.2 Å². The molecule has 1 unspecified atom stereocenters. The number of nitrogens with one attached hydrogen (secondary N) is 1. The van der Waals surface area contributed by atoms with Gasteiger partial charge in [0.05, 0.1) is 13.2 Å². The fraction of sp³-hybridized carbons (Fsp3) is 0.438. The number of rotatable bonds is 4. The van der Waals surface area contributed by atoms with Crippen molar-refractivity contribution in [2.75, 3.05) is 18.5 Å². The minimum atomic E-state index is -1.85. The Morgan fingerprint density at radius 2 is 1.91 bits per heavy atom. The fourth-order valence-electron chi connectivity index (χ4n) is 3.00. The Morgan fingerprint density at radius 3 is 2.48 bits per heavy atom. The summed E-state index contributed by atoms with van der Waals surface area (Å²) in [5.41, 5.74) is 1.23. The van der Waals surface area contributed by atoms with Gasteiger partial charge in [-0.25, -0.2) is 0 Å². The summed E-state index contributed by atoms with van der Waals surface area (Å²) in [5, 5.41) is 18.0. The molecule has 2 aromatic rings. The fourth-order valence-corrected chi connectivity index (χ4v) is 6.47. The van der Waals surface area contributed by atoms with Crippen LogP contribution >= 0.6 is 0 Å². The quantitative estimate of drug-likeness (QED) is 0.367. The second-order valence-electron chi connectivity index (χ2n) is 6.68. The van der Waals surface area contributed by atoms with Crippen LogP contribution < -0.4 is 40.5 Å². The molecule has 23 heavy (non-hydrogen) atoms. The third kappa shape index (κ3) is 4.26. The molecule has 1 radical (unpaired) electrons. The van der Waals surface area contributed by atoms with Crippen LogP contribution in [0.4, 0.5) is 5.69 Å². The van der Waals surface area contributed by atoms with E-state index in [1.165, 1.54) is 26.8 Å². The summed E-state index contributed by atoms with van der Waals surface area (Å²) in [6.45, 7) is 9.27. The van der Waals surface area contributed by atoms with E-state index in [4.69, 9.17) is 9.53 Å². The predicted molar refractivity (Wildman–Crippen MR) is 86.8 cm³/mol. The number of hydrogen-bond donors (Lipinski definition) is 2. The molecule has 0 aromatic heterocycles. The van der Waals surface area contributed by atoms with Gasteiger partial charge in [0, 0.05) is 5.54 Å². The molecule has 2 aromatic carbocycles. The molecule has 1 heterocycles. The molecule has 0 aliphatic carbocycles. The number of aliphatic hydroxyl groups excluding tert-OH is 1. The molecule has 0 fully saturated rings. The van der Waals surface area contributed by atoms with Crippen molar-refractivity contribution in [2.24, 2.45) is 0 Å². The van der Waals surface area contributed by atoms with Crippen LogP contribution in [0.25, 0.3) is 10.8 Å². The molecule has 125 valence electrons. The Hall–Kier alpha value is 0.230. The van der Waals surface area contributed by atoms with Crippen LogP contribution in [0.15, 0.2) is 24.3 Å². The van der Waals surface area contributed by atoms with Crippen molar-refractivity contribution in [1.29, 1.82) is 0 Å². The normalized spacial score (nSPS) is 18.3. The average Bonchev–Trinajstić information content (AvgIpc) is 2.74. The zero-order valence-corrected chi connectivity index (χ0v) is 18.8. The maximum atomic E-state index is 8.98. The van der Waals surface area contributed by atoms with Gasteiger partial charge in [-0.1, -0.05) is 6.07 Å². The maximum absolute atomic E-state index is 8.98. The second-order valence-corrected chi connectivity index (χ2v) is 10.1. The van der Waals surface area contributed by atoms with E-state index >= 15 is 0 Å². The topological polar surface area (TPSA) is 41.5 Å². The van der Waals surface area contributed by atoms with Crippen LogP contribution in [0.5, 0.6) is 0 Å². The van der Waals surface area contributed by atoms with Crippen molar-refractivity contribution < 1.29 is 60.6 Å². The van der Waals surface area contributed by atoms with Gasteiger partial charge in [-0.05, 0) is 33.0 Å². The zero-order valence-electron chi connectivity index (χ0n) is 13.8. The van der Waals surface area contributed by atoms with E-state index in [-0.39, 0.29) is 63.2 Å². The molecule has 3 nitrogen and oxygen atoms in total. The van der Waals surface area contributed by atoms with Crippen molar-refractivity contribution in [3.05, 3.63) is 24.3 Å². The van der Waals surface area contributed by atoms with Crippen LogP contribution in [0.2, 0.25) is 6.55 Å². The summed E-state index contributed by atoms with van der Waals surface area (Å²) in [6.07, 6.45) is 0. The Morgan fingerprint density at radius 1 is 1.26 bits per heavy atom. The smallest absolute Gasteiger partial charge is 1.00 e. The Labute approximate surface area is 170 Å². The first-order chi connectivity index (χ1) is 9.37. The van der Waals surface area contributed by atoms with Gasteiger partial charge < -0.3 is 39.7 Å². The maximum Gasteiger partial charge on any atom is 3.00 e. The molecule has 2 N–H and O–H groups in total. The van der Waals surface area contributed by atoms with Crippen LogP contribution in [0, 0.1) is 0 Å². The zero-order chi connectivity index (χ0) is 14.5. The molecule has 1 atom stereocenters. The molecule has 0 amide bonds. The molecule has 0 spiro atoms. The Balaban J connectivity index is 0.00000161. The minimum absolute atomic E-state index is 0. The SMILES string of the molecule is CC(C)(C)Nc1cccc2[cH-]c3c(c12)[Si]3(C)OCCO.[Cl-].[Cl-].[Zr+3]. The third-order valence-electron chi connectivity index (χ3n) is 3.84. The van der Waals surface area contributed by atoms with Gasteiger partial charge in [-0.2, -0.15) is 0 Å². The van der Waals surface area contributed by atoms with Gasteiger partial charge in [0.15, 0.2) is 8.32 Å². The Bertz CT molecular complexity index is 672. The first-order valence-corrected chi connectivity index (χ1v) is 9.54. The van der Waals surface area contributed by atoms with Crippen molar-refractivity contribution in [2.45, 2.75) is 32.9 Å². The summed E-state index contributed by atoms with van der Waals surface area (Å²) in [7, 11) is -1.85. The molecular weight excluding hydrogens is 428 g/mol. The van der Waals surface area contributed by atoms with Gasteiger partial charge >= 0.3 is 26.2 Å². The second kappa shape index (κ2) is 8.07. The van der Waals surface area contributed by atoms with Crippen LogP contribution in [0.1, 0.15) is 20.8 Å². The van der Waals surface area contributed by atoms with Gasteiger partial charge in [-0.3, -0.25) is 0 Å². The molecule has 1 aliphatic rings. The van der Waals surface area contributed by atoms with E-state index in [2.05, 4.69) is 56.9 Å². The number of benzene rings is 1. The molecule has 0 bridgehead atoms. The van der Waals surface area contributed by atoms with E-state index in [9.17, 15) is 0 Å². The van der Waals surface area contributed by atoms with Gasteiger partial charge in [0.2, 0.25) is 0 Å². The van der Waals surface area contributed by atoms with E-state index in [1.807, 2.05) is 0 Å². The molecule has 1 aliphatic heterocycles. The van der Waals surface area contributed by atoms with Gasteiger partial charge in [0.1, 0.15) is 0 Å². The largest absolute Gasteiger partial charge is 3.00 e. The summed E-state index contributed by atoms with van der Waals surface area (Å²) in [6, 6.07) is 8.67. The molecule has 3 rings (SSSR count). The molecule has 0 saturated heterocycles.